The highest BCUT2D eigenvalue weighted by Crippen LogP contribution is 2.33. The molecule has 1 aliphatic rings. The Kier molecular flexibility index (Phi) is 7.92. The summed E-state index contributed by atoms with van der Waals surface area (Å²) < 4.78 is 0. The van der Waals surface area contributed by atoms with Gasteiger partial charge in [-0.2, -0.15) is 0 Å². The summed E-state index contributed by atoms with van der Waals surface area (Å²) in [4.78, 5) is 22.7. The van der Waals surface area contributed by atoms with Crippen LogP contribution in [-0.4, -0.2) is 40.8 Å². The third kappa shape index (κ3) is 5.46. The Morgan fingerprint density at radius 3 is 2.41 bits per heavy atom. The predicted octanol–water partition coefficient (Wildman–Crippen LogP) is 6.47. The maximum Gasteiger partial charge on any atom is 0.226 e. The number of pyridine rings is 1. The number of piperidine rings is 1. The van der Waals surface area contributed by atoms with Crippen LogP contribution in [0.3, 0.4) is 0 Å². The Labute approximate surface area is 212 Å². The molecule has 34 heavy (non-hydrogen) atoms. The van der Waals surface area contributed by atoms with Crippen LogP contribution in [0.4, 0.5) is 0 Å². The first-order valence-corrected chi connectivity index (χ1v) is 12.5. The third-order valence-corrected chi connectivity index (χ3v) is 7.59. The van der Waals surface area contributed by atoms with Crippen molar-refractivity contribution in [3.8, 4) is 0 Å². The summed E-state index contributed by atoms with van der Waals surface area (Å²) in [5, 5.41) is 1.15. The summed E-state index contributed by atoms with van der Waals surface area (Å²) in [6.07, 6.45) is 3.49. The number of rotatable bonds is 6. The number of aromatic nitrogens is 1. The Bertz CT molecular complexity index is 1110. The number of aryl methyl sites for hydroxylation is 2. The van der Waals surface area contributed by atoms with Crippen molar-refractivity contribution in [2.24, 2.45) is 5.92 Å². The minimum absolute atomic E-state index is 0.00518. The molecular formula is C28H31Cl2N3O. The van der Waals surface area contributed by atoms with Gasteiger partial charge in [0.2, 0.25) is 5.91 Å². The molecule has 1 amide bonds. The fourth-order valence-corrected chi connectivity index (χ4v) is 5.19. The molecule has 0 radical (unpaired) electrons. The van der Waals surface area contributed by atoms with Gasteiger partial charge in [0, 0.05) is 25.7 Å². The number of halogens is 2. The van der Waals surface area contributed by atoms with Gasteiger partial charge in [0.25, 0.3) is 0 Å². The van der Waals surface area contributed by atoms with Gasteiger partial charge >= 0.3 is 0 Å². The molecule has 4 nitrogen and oxygen atoms in total. The van der Waals surface area contributed by atoms with Gasteiger partial charge in [0.05, 0.1) is 21.8 Å². The largest absolute Gasteiger partial charge is 0.333 e. The van der Waals surface area contributed by atoms with Crippen molar-refractivity contribution in [3.05, 3.63) is 98.8 Å². The lowest BCUT2D eigenvalue weighted by Crippen LogP contribution is -2.42. The van der Waals surface area contributed by atoms with Gasteiger partial charge in [-0.1, -0.05) is 59.6 Å². The van der Waals surface area contributed by atoms with Gasteiger partial charge in [0.15, 0.2) is 0 Å². The number of benzene rings is 2. The number of nitrogens with zero attached hydrogens (tertiary/aromatic N) is 3. The van der Waals surface area contributed by atoms with E-state index in [1.54, 1.807) is 0 Å². The number of amides is 1. The Hall–Kier alpha value is -2.40. The van der Waals surface area contributed by atoms with Crippen LogP contribution in [0.25, 0.3) is 0 Å². The van der Waals surface area contributed by atoms with Crippen LogP contribution in [0, 0.1) is 19.8 Å². The van der Waals surface area contributed by atoms with Gasteiger partial charge in [-0.25, -0.2) is 0 Å². The summed E-state index contributed by atoms with van der Waals surface area (Å²) in [5.41, 5.74) is 5.45. The molecule has 1 fully saturated rings. The van der Waals surface area contributed by atoms with Crippen molar-refractivity contribution in [1.29, 1.82) is 0 Å². The maximum absolute atomic E-state index is 13.7. The molecule has 0 aliphatic carbocycles. The lowest BCUT2D eigenvalue weighted by molar-refractivity contribution is -0.137. The van der Waals surface area contributed by atoms with Gasteiger partial charge in [0.1, 0.15) is 0 Å². The molecule has 1 atom stereocenters. The highest BCUT2D eigenvalue weighted by molar-refractivity contribution is 6.42. The monoisotopic (exact) mass is 495 g/mol. The molecule has 0 bridgehead atoms. The average molecular weight is 496 g/mol. The molecular weight excluding hydrogens is 465 g/mol. The number of likely N-dealkylation sites (tertiary alicyclic amines) is 1. The molecule has 0 spiro atoms. The molecule has 3 aromatic rings. The molecule has 1 aromatic heterocycles. The van der Waals surface area contributed by atoms with E-state index >= 15 is 0 Å². The third-order valence-electron chi connectivity index (χ3n) is 6.85. The maximum atomic E-state index is 13.7. The lowest BCUT2D eigenvalue weighted by atomic mass is 9.91. The smallest absolute Gasteiger partial charge is 0.226 e. The molecule has 178 valence electrons. The van der Waals surface area contributed by atoms with Crippen LogP contribution in [-0.2, 0) is 11.3 Å². The van der Waals surface area contributed by atoms with E-state index in [2.05, 4.69) is 36.9 Å². The van der Waals surface area contributed by atoms with E-state index in [9.17, 15) is 4.79 Å². The van der Waals surface area contributed by atoms with E-state index in [1.165, 1.54) is 0 Å². The molecule has 2 heterocycles. The Morgan fingerprint density at radius 1 is 1.03 bits per heavy atom. The van der Waals surface area contributed by atoms with Crippen molar-refractivity contribution in [2.75, 3.05) is 20.1 Å². The zero-order chi connectivity index (χ0) is 24.2. The molecule has 0 N–H and O–H groups in total. The minimum Gasteiger partial charge on any atom is -0.333 e. The standard InChI is InChI=1S/C28H31Cl2N3O/c1-19-7-4-5-9-23(19)27(26-20(2)8-6-14-31-26)32(3)28(34)22-12-15-33(16-13-22)18-21-10-11-24(29)25(30)17-21/h4-11,14,17,22,27H,12-13,15-16,18H2,1-3H3. The van der Waals surface area contributed by atoms with Crippen molar-refractivity contribution in [2.45, 2.75) is 39.3 Å². The van der Waals surface area contributed by atoms with Crippen LogP contribution in [0.1, 0.15) is 46.8 Å². The van der Waals surface area contributed by atoms with Crippen LogP contribution in [0.15, 0.2) is 60.8 Å². The van der Waals surface area contributed by atoms with Crippen molar-refractivity contribution >= 4 is 29.1 Å². The molecule has 0 saturated carbocycles. The molecule has 6 heteroatoms. The fourth-order valence-electron chi connectivity index (χ4n) is 4.87. The first-order valence-electron chi connectivity index (χ1n) is 11.7. The summed E-state index contributed by atoms with van der Waals surface area (Å²) in [6, 6.07) is 17.9. The molecule has 4 rings (SSSR count). The topological polar surface area (TPSA) is 36.4 Å². The molecule has 1 aliphatic heterocycles. The molecule has 2 aromatic carbocycles. The van der Waals surface area contributed by atoms with E-state index in [0.717, 1.165) is 60.4 Å². The second kappa shape index (κ2) is 10.9. The van der Waals surface area contributed by atoms with Crippen molar-refractivity contribution in [3.63, 3.8) is 0 Å². The Balaban J connectivity index is 1.48. The summed E-state index contributed by atoms with van der Waals surface area (Å²) >= 11 is 12.2. The van der Waals surface area contributed by atoms with Crippen molar-refractivity contribution < 1.29 is 4.79 Å². The van der Waals surface area contributed by atoms with Crippen LogP contribution >= 0.6 is 23.2 Å². The zero-order valence-corrected chi connectivity index (χ0v) is 21.5. The zero-order valence-electron chi connectivity index (χ0n) is 20.0. The van der Waals surface area contributed by atoms with Gasteiger partial charge in [-0.05, 0) is 80.2 Å². The van der Waals surface area contributed by atoms with E-state index in [1.807, 2.05) is 54.5 Å². The van der Waals surface area contributed by atoms with Crippen LogP contribution in [0.2, 0.25) is 10.0 Å². The number of carbonyl (C=O) groups is 1. The first-order chi connectivity index (χ1) is 16.3. The van der Waals surface area contributed by atoms with Crippen LogP contribution < -0.4 is 0 Å². The van der Waals surface area contributed by atoms with Crippen LogP contribution in [0.5, 0.6) is 0 Å². The second-order valence-corrected chi connectivity index (χ2v) is 10.0. The minimum atomic E-state index is -0.205. The lowest BCUT2D eigenvalue weighted by Gasteiger charge is -2.36. The summed E-state index contributed by atoms with van der Waals surface area (Å²) in [6.45, 7) is 6.73. The number of carbonyl (C=O) groups excluding carboxylic acids is 1. The van der Waals surface area contributed by atoms with Gasteiger partial charge in [-0.15, -0.1) is 0 Å². The SMILES string of the molecule is Cc1ccccc1C(c1ncccc1C)N(C)C(=O)C1CCN(Cc2ccc(Cl)c(Cl)c2)CC1. The van der Waals surface area contributed by atoms with Gasteiger partial charge in [-0.3, -0.25) is 14.7 Å². The number of hydrogen-bond acceptors (Lipinski definition) is 3. The van der Waals surface area contributed by atoms with E-state index in [4.69, 9.17) is 28.2 Å². The second-order valence-electron chi connectivity index (χ2n) is 9.21. The predicted molar refractivity (Wildman–Crippen MR) is 139 cm³/mol. The molecule has 1 saturated heterocycles. The fraction of sp³-hybridized carbons (Fsp3) is 0.357. The van der Waals surface area contributed by atoms with E-state index < -0.39 is 0 Å². The van der Waals surface area contributed by atoms with E-state index in [-0.39, 0.29) is 17.9 Å². The highest BCUT2D eigenvalue weighted by atomic mass is 35.5. The quantitative estimate of drug-likeness (QED) is 0.393. The molecule has 1 unspecified atom stereocenters. The average Bonchev–Trinajstić information content (AvgIpc) is 2.84. The normalized spacial score (nSPS) is 15.8. The highest BCUT2D eigenvalue weighted by Gasteiger charge is 2.33. The van der Waals surface area contributed by atoms with Gasteiger partial charge < -0.3 is 4.90 Å². The number of hydrogen-bond donors (Lipinski definition) is 0. The van der Waals surface area contributed by atoms with E-state index in [0.29, 0.717) is 10.0 Å². The first kappa shape index (κ1) is 24.7. The Morgan fingerprint density at radius 2 is 1.74 bits per heavy atom. The van der Waals surface area contributed by atoms with Crippen molar-refractivity contribution in [1.82, 2.24) is 14.8 Å². The summed E-state index contributed by atoms with van der Waals surface area (Å²) in [7, 11) is 1.93. The summed E-state index contributed by atoms with van der Waals surface area (Å²) in [5.74, 6) is 0.193.